The van der Waals surface area contributed by atoms with Gasteiger partial charge >= 0.3 is 5.97 Å². The van der Waals surface area contributed by atoms with Gasteiger partial charge in [-0.25, -0.2) is 4.98 Å². The first-order valence-electron chi connectivity index (χ1n) is 4.50. The predicted octanol–water partition coefficient (Wildman–Crippen LogP) is 1.27. The number of carboxylic acid groups (broad SMARTS) is 1. The van der Waals surface area contributed by atoms with Crippen molar-refractivity contribution in [3.8, 4) is 0 Å². The maximum atomic E-state index is 10.4. The van der Waals surface area contributed by atoms with Crippen LogP contribution in [0.4, 0.5) is 0 Å². The molecule has 1 aliphatic rings. The van der Waals surface area contributed by atoms with Crippen molar-refractivity contribution in [1.29, 1.82) is 0 Å². The molecular weight excluding hydrogens is 202 g/mol. The third-order valence-electron chi connectivity index (χ3n) is 2.21. The van der Waals surface area contributed by atoms with Gasteiger partial charge in [0.1, 0.15) is 5.01 Å². The topological polar surface area (TPSA) is 59.4 Å². The fraction of sp³-hybridized carbons (Fsp3) is 0.556. The van der Waals surface area contributed by atoms with Crippen LogP contribution in [0.3, 0.4) is 0 Å². The zero-order valence-corrected chi connectivity index (χ0v) is 8.42. The Kier molecular flexibility index (Phi) is 2.79. The van der Waals surface area contributed by atoms with Crippen molar-refractivity contribution in [2.75, 3.05) is 13.2 Å². The number of thiazole rings is 1. The van der Waals surface area contributed by atoms with Crippen molar-refractivity contribution in [1.82, 2.24) is 4.98 Å². The van der Waals surface area contributed by atoms with Crippen molar-refractivity contribution < 1.29 is 14.6 Å². The second-order valence-electron chi connectivity index (χ2n) is 3.29. The lowest BCUT2D eigenvalue weighted by atomic mass is 10.1. The quantitative estimate of drug-likeness (QED) is 0.821. The second kappa shape index (κ2) is 4.06. The fourth-order valence-electron chi connectivity index (χ4n) is 1.48. The summed E-state index contributed by atoms with van der Waals surface area (Å²) in [5, 5.41) is 9.26. The summed E-state index contributed by atoms with van der Waals surface area (Å²) in [6.45, 7) is 1.55. The van der Waals surface area contributed by atoms with Gasteiger partial charge in [0.15, 0.2) is 0 Å². The maximum Gasteiger partial charge on any atom is 0.310 e. The molecule has 0 saturated carbocycles. The lowest BCUT2D eigenvalue weighted by molar-refractivity contribution is -0.136. The molecule has 1 unspecified atom stereocenters. The number of aromatic nitrogens is 1. The van der Waals surface area contributed by atoms with E-state index >= 15 is 0 Å². The Morgan fingerprint density at radius 3 is 3.29 bits per heavy atom. The first-order valence-corrected chi connectivity index (χ1v) is 5.31. The molecule has 1 fully saturated rings. The Labute approximate surface area is 85.5 Å². The van der Waals surface area contributed by atoms with Crippen LogP contribution in [0.15, 0.2) is 6.20 Å². The van der Waals surface area contributed by atoms with Crippen LogP contribution in [0, 0.1) is 0 Å². The van der Waals surface area contributed by atoms with E-state index in [4.69, 9.17) is 9.84 Å². The van der Waals surface area contributed by atoms with Crippen LogP contribution in [0.5, 0.6) is 0 Å². The molecule has 1 aromatic rings. The van der Waals surface area contributed by atoms with Gasteiger partial charge in [-0.2, -0.15) is 0 Å². The van der Waals surface area contributed by atoms with Gasteiger partial charge in [-0.15, -0.1) is 11.3 Å². The number of carboxylic acids is 1. The Morgan fingerprint density at radius 1 is 1.79 bits per heavy atom. The number of ether oxygens (including phenoxy) is 1. The minimum atomic E-state index is -0.825. The summed E-state index contributed by atoms with van der Waals surface area (Å²) in [4.78, 5) is 15.7. The van der Waals surface area contributed by atoms with Crippen LogP contribution in [0.2, 0.25) is 0 Å². The molecule has 5 heteroatoms. The monoisotopic (exact) mass is 213 g/mol. The Bertz CT molecular complexity index is 331. The van der Waals surface area contributed by atoms with Crippen LogP contribution in [-0.2, 0) is 16.0 Å². The number of hydrogen-bond donors (Lipinski definition) is 1. The zero-order chi connectivity index (χ0) is 9.97. The van der Waals surface area contributed by atoms with E-state index in [1.165, 1.54) is 11.3 Å². The summed E-state index contributed by atoms with van der Waals surface area (Å²) >= 11 is 1.49. The Balaban J connectivity index is 2.05. The van der Waals surface area contributed by atoms with Crippen molar-refractivity contribution in [3.63, 3.8) is 0 Å². The summed E-state index contributed by atoms with van der Waals surface area (Å²) in [5.41, 5.74) is 0. The number of rotatable bonds is 3. The van der Waals surface area contributed by atoms with Gasteiger partial charge in [0, 0.05) is 23.6 Å². The van der Waals surface area contributed by atoms with Crippen molar-refractivity contribution in [2.45, 2.75) is 18.8 Å². The standard InChI is InChI=1S/C9H11NO3S/c11-9(12)3-8-10-4-7(14-8)6-1-2-13-5-6/h4,6H,1-3,5H2,(H,11,12). The highest BCUT2D eigenvalue weighted by Crippen LogP contribution is 2.29. The van der Waals surface area contributed by atoms with Crippen LogP contribution in [0.25, 0.3) is 0 Å². The van der Waals surface area contributed by atoms with E-state index in [0.29, 0.717) is 10.9 Å². The molecule has 1 aliphatic heterocycles. The van der Waals surface area contributed by atoms with Crippen LogP contribution >= 0.6 is 11.3 Å². The Hall–Kier alpha value is -0.940. The fourth-order valence-corrected chi connectivity index (χ4v) is 2.51. The average molecular weight is 213 g/mol. The van der Waals surface area contributed by atoms with E-state index in [9.17, 15) is 4.79 Å². The molecule has 14 heavy (non-hydrogen) atoms. The minimum absolute atomic E-state index is 0.0260. The lowest BCUT2D eigenvalue weighted by Crippen LogP contribution is -1.98. The number of nitrogens with zero attached hydrogens (tertiary/aromatic N) is 1. The molecule has 0 aliphatic carbocycles. The highest BCUT2D eigenvalue weighted by molar-refractivity contribution is 7.11. The molecular formula is C9H11NO3S. The first-order chi connectivity index (χ1) is 6.75. The molecule has 1 aromatic heterocycles. The second-order valence-corrected chi connectivity index (χ2v) is 4.43. The van der Waals surface area contributed by atoms with Gasteiger partial charge in [0.05, 0.1) is 13.0 Å². The summed E-state index contributed by atoms with van der Waals surface area (Å²) in [7, 11) is 0. The average Bonchev–Trinajstić information content (AvgIpc) is 2.69. The molecule has 76 valence electrons. The highest BCUT2D eigenvalue weighted by Gasteiger charge is 2.20. The van der Waals surface area contributed by atoms with Crippen LogP contribution in [-0.4, -0.2) is 29.3 Å². The SMILES string of the molecule is O=C(O)Cc1ncc(C2CCOC2)s1. The molecule has 2 rings (SSSR count). The number of aliphatic carboxylic acids is 1. The van der Waals surface area contributed by atoms with E-state index in [1.54, 1.807) is 6.20 Å². The largest absolute Gasteiger partial charge is 0.481 e. The molecule has 0 radical (unpaired) electrons. The molecule has 2 heterocycles. The zero-order valence-electron chi connectivity index (χ0n) is 7.60. The first kappa shape index (κ1) is 9.61. The van der Waals surface area contributed by atoms with E-state index < -0.39 is 5.97 Å². The van der Waals surface area contributed by atoms with Gasteiger partial charge in [-0.1, -0.05) is 0 Å². The highest BCUT2D eigenvalue weighted by atomic mass is 32.1. The number of carbonyl (C=O) groups is 1. The van der Waals surface area contributed by atoms with Crippen molar-refractivity contribution in [3.05, 3.63) is 16.1 Å². The molecule has 1 N–H and O–H groups in total. The van der Waals surface area contributed by atoms with Crippen molar-refractivity contribution >= 4 is 17.3 Å². The minimum Gasteiger partial charge on any atom is -0.481 e. The van der Waals surface area contributed by atoms with E-state index in [0.717, 1.165) is 24.5 Å². The van der Waals surface area contributed by atoms with Gasteiger partial charge in [-0.3, -0.25) is 4.79 Å². The maximum absolute atomic E-state index is 10.4. The van der Waals surface area contributed by atoms with Gasteiger partial charge in [-0.05, 0) is 6.42 Å². The lowest BCUT2D eigenvalue weighted by Gasteiger charge is -2.00. The predicted molar refractivity (Wildman–Crippen MR) is 51.6 cm³/mol. The smallest absolute Gasteiger partial charge is 0.310 e. The third kappa shape index (κ3) is 2.10. The van der Waals surface area contributed by atoms with Crippen molar-refractivity contribution in [2.24, 2.45) is 0 Å². The summed E-state index contributed by atoms with van der Waals surface area (Å²) in [6, 6.07) is 0. The molecule has 1 saturated heterocycles. The van der Waals surface area contributed by atoms with Crippen LogP contribution in [0.1, 0.15) is 22.2 Å². The molecule has 4 nitrogen and oxygen atoms in total. The van der Waals surface area contributed by atoms with E-state index in [-0.39, 0.29) is 6.42 Å². The van der Waals surface area contributed by atoms with Gasteiger partial charge in [0.25, 0.3) is 0 Å². The summed E-state index contributed by atoms with van der Waals surface area (Å²) in [5.74, 6) is -0.399. The molecule has 0 spiro atoms. The third-order valence-corrected chi connectivity index (χ3v) is 3.37. The molecule has 0 bridgehead atoms. The van der Waals surface area contributed by atoms with Crippen LogP contribution < -0.4 is 0 Å². The summed E-state index contributed by atoms with van der Waals surface area (Å²) < 4.78 is 5.26. The van der Waals surface area contributed by atoms with Gasteiger partial charge in [0.2, 0.25) is 0 Å². The summed E-state index contributed by atoms with van der Waals surface area (Å²) in [6.07, 6.45) is 2.83. The molecule has 0 amide bonds. The molecule has 0 aromatic carbocycles. The molecule has 1 atom stereocenters. The van der Waals surface area contributed by atoms with Gasteiger partial charge < -0.3 is 9.84 Å². The normalized spacial score (nSPS) is 21.3. The Morgan fingerprint density at radius 2 is 2.64 bits per heavy atom. The van der Waals surface area contributed by atoms with E-state index in [1.807, 2.05) is 0 Å². The number of hydrogen-bond acceptors (Lipinski definition) is 4. The van der Waals surface area contributed by atoms with E-state index in [2.05, 4.69) is 4.98 Å².